The third-order valence-corrected chi connectivity index (χ3v) is 3.41. The summed E-state index contributed by atoms with van der Waals surface area (Å²) in [5.74, 6) is 3.89. The van der Waals surface area contributed by atoms with Crippen LogP contribution in [0.15, 0.2) is 22.6 Å². The quantitative estimate of drug-likeness (QED) is 0.913. The molecule has 0 saturated heterocycles. The van der Waals surface area contributed by atoms with E-state index >= 15 is 0 Å². The molecule has 5 nitrogen and oxygen atoms in total. The highest BCUT2D eigenvalue weighted by molar-refractivity contribution is 5.51. The Morgan fingerprint density at radius 2 is 2.21 bits per heavy atom. The number of aromatic nitrogens is 2. The fourth-order valence-corrected chi connectivity index (χ4v) is 2.24. The standard InChI is InChI=1S/C14H17N3O2/c1-8-5-10(8)11-3-4-12(19-11)14-16-9(7-18-2)6-13(15)17-14/h3-4,6,8,10H,5,7H2,1-2H3,(H2,15,16,17). The van der Waals surface area contributed by atoms with Crippen molar-refractivity contribution in [1.29, 1.82) is 0 Å². The highest BCUT2D eigenvalue weighted by atomic mass is 16.5. The van der Waals surface area contributed by atoms with Crippen LogP contribution in [0.25, 0.3) is 11.6 Å². The third kappa shape index (κ3) is 2.46. The van der Waals surface area contributed by atoms with Crippen molar-refractivity contribution in [2.24, 2.45) is 5.92 Å². The van der Waals surface area contributed by atoms with E-state index in [0.29, 0.717) is 35.8 Å². The maximum atomic E-state index is 5.83. The molecule has 19 heavy (non-hydrogen) atoms. The Bertz CT molecular complexity index is 594. The molecule has 2 aromatic heterocycles. The van der Waals surface area contributed by atoms with Crippen LogP contribution >= 0.6 is 0 Å². The number of nitrogen functional groups attached to an aromatic ring is 1. The van der Waals surface area contributed by atoms with Gasteiger partial charge in [0.2, 0.25) is 0 Å². The van der Waals surface area contributed by atoms with Crippen LogP contribution in [0.3, 0.4) is 0 Å². The van der Waals surface area contributed by atoms with Gasteiger partial charge in [0.25, 0.3) is 0 Å². The first-order valence-corrected chi connectivity index (χ1v) is 6.40. The van der Waals surface area contributed by atoms with Crippen LogP contribution in [0.5, 0.6) is 0 Å². The van der Waals surface area contributed by atoms with Gasteiger partial charge in [0.15, 0.2) is 11.6 Å². The molecule has 0 bridgehead atoms. The van der Waals surface area contributed by atoms with Crippen LogP contribution < -0.4 is 5.73 Å². The molecule has 0 radical (unpaired) electrons. The van der Waals surface area contributed by atoms with Crippen LogP contribution in [0, 0.1) is 5.92 Å². The zero-order valence-electron chi connectivity index (χ0n) is 11.1. The Kier molecular flexibility index (Phi) is 2.98. The number of nitrogens with zero attached hydrogens (tertiary/aromatic N) is 2. The first-order valence-electron chi connectivity index (χ1n) is 6.40. The molecule has 100 valence electrons. The maximum Gasteiger partial charge on any atom is 0.197 e. The minimum atomic E-state index is 0.410. The highest BCUT2D eigenvalue weighted by Gasteiger charge is 2.36. The summed E-state index contributed by atoms with van der Waals surface area (Å²) in [7, 11) is 1.62. The fraction of sp³-hybridized carbons (Fsp3) is 0.429. The molecule has 1 saturated carbocycles. The average molecular weight is 259 g/mol. The lowest BCUT2D eigenvalue weighted by Gasteiger charge is -2.03. The molecule has 0 spiro atoms. The van der Waals surface area contributed by atoms with E-state index in [1.807, 2.05) is 12.1 Å². The molecule has 1 fully saturated rings. The zero-order chi connectivity index (χ0) is 13.4. The second-order valence-electron chi connectivity index (χ2n) is 5.06. The number of nitrogens with two attached hydrogens (primary N) is 1. The van der Waals surface area contributed by atoms with Crippen LogP contribution in [0.2, 0.25) is 0 Å². The summed E-state index contributed by atoms with van der Waals surface area (Å²) >= 11 is 0. The van der Waals surface area contributed by atoms with Crippen LogP contribution in [-0.4, -0.2) is 17.1 Å². The molecule has 0 aliphatic heterocycles. The van der Waals surface area contributed by atoms with E-state index < -0.39 is 0 Å². The van der Waals surface area contributed by atoms with Crippen molar-refractivity contribution in [1.82, 2.24) is 9.97 Å². The van der Waals surface area contributed by atoms with Crippen LogP contribution in [-0.2, 0) is 11.3 Å². The molecule has 0 aromatic carbocycles. The first-order chi connectivity index (χ1) is 9.17. The number of rotatable bonds is 4. The molecule has 2 aromatic rings. The van der Waals surface area contributed by atoms with Crippen molar-refractivity contribution >= 4 is 5.82 Å². The van der Waals surface area contributed by atoms with Crippen molar-refractivity contribution in [3.05, 3.63) is 29.7 Å². The monoisotopic (exact) mass is 259 g/mol. The van der Waals surface area contributed by atoms with Gasteiger partial charge in [0.05, 0.1) is 12.3 Å². The summed E-state index contributed by atoms with van der Waals surface area (Å²) in [4.78, 5) is 8.61. The molecule has 2 unspecified atom stereocenters. The summed E-state index contributed by atoms with van der Waals surface area (Å²) in [6, 6.07) is 5.62. The van der Waals surface area contributed by atoms with E-state index in [-0.39, 0.29) is 0 Å². The van der Waals surface area contributed by atoms with Crippen LogP contribution in [0.4, 0.5) is 5.82 Å². The maximum absolute atomic E-state index is 5.83. The van der Waals surface area contributed by atoms with Crippen molar-refractivity contribution in [2.75, 3.05) is 12.8 Å². The van der Waals surface area contributed by atoms with Gasteiger partial charge < -0.3 is 14.9 Å². The van der Waals surface area contributed by atoms with Crippen molar-refractivity contribution in [3.8, 4) is 11.6 Å². The van der Waals surface area contributed by atoms with E-state index in [0.717, 1.165) is 11.5 Å². The van der Waals surface area contributed by atoms with Gasteiger partial charge >= 0.3 is 0 Å². The van der Waals surface area contributed by atoms with Gasteiger partial charge in [0, 0.05) is 19.1 Å². The number of hydrogen-bond acceptors (Lipinski definition) is 5. The molecule has 1 aliphatic carbocycles. The Labute approximate surface area is 111 Å². The molecular formula is C14H17N3O2. The van der Waals surface area contributed by atoms with Gasteiger partial charge in [-0.2, -0.15) is 0 Å². The second-order valence-corrected chi connectivity index (χ2v) is 5.06. The van der Waals surface area contributed by atoms with Gasteiger partial charge in [0.1, 0.15) is 11.6 Å². The minimum absolute atomic E-state index is 0.410. The highest BCUT2D eigenvalue weighted by Crippen LogP contribution is 2.47. The number of hydrogen-bond donors (Lipinski definition) is 1. The van der Waals surface area contributed by atoms with E-state index in [1.165, 1.54) is 6.42 Å². The predicted octanol–water partition coefficient (Wildman–Crippen LogP) is 2.59. The molecule has 1 aliphatic rings. The van der Waals surface area contributed by atoms with Gasteiger partial charge in [-0.1, -0.05) is 6.92 Å². The Morgan fingerprint density at radius 1 is 1.42 bits per heavy atom. The largest absolute Gasteiger partial charge is 0.457 e. The smallest absolute Gasteiger partial charge is 0.197 e. The van der Waals surface area contributed by atoms with Crippen molar-refractivity contribution < 1.29 is 9.15 Å². The zero-order valence-corrected chi connectivity index (χ0v) is 11.1. The summed E-state index contributed by atoms with van der Waals surface area (Å²) in [5, 5.41) is 0. The van der Waals surface area contributed by atoms with Crippen molar-refractivity contribution in [3.63, 3.8) is 0 Å². The van der Waals surface area contributed by atoms with Crippen molar-refractivity contribution in [2.45, 2.75) is 25.9 Å². The van der Waals surface area contributed by atoms with Gasteiger partial charge in [-0.3, -0.25) is 0 Å². The minimum Gasteiger partial charge on any atom is -0.457 e. The summed E-state index contributed by atoms with van der Waals surface area (Å²) in [5.41, 5.74) is 6.53. The van der Waals surface area contributed by atoms with Crippen LogP contribution in [0.1, 0.15) is 30.7 Å². The van der Waals surface area contributed by atoms with E-state index in [2.05, 4.69) is 16.9 Å². The molecule has 3 rings (SSSR count). The summed E-state index contributed by atoms with van der Waals surface area (Å²) < 4.78 is 10.9. The topological polar surface area (TPSA) is 74.2 Å². The lowest BCUT2D eigenvalue weighted by Crippen LogP contribution is -2.00. The van der Waals surface area contributed by atoms with E-state index in [1.54, 1.807) is 13.2 Å². The Balaban J connectivity index is 1.90. The summed E-state index contributed by atoms with van der Waals surface area (Å²) in [6.07, 6.45) is 1.19. The SMILES string of the molecule is COCc1cc(N)nc(-c2ccc(C3CC3C)o2)n1. The third-order valence-electron chi connectivity index (χ3n) is 3.41. The number of methoxy groups -OCH3 is 1. The van der Waals surface area contributed by atoms with E-state index in [9.17, 15) is 0 Å². The molecule has 5 heteroatoms. The predicted molar refractivity (Wildman–Crippen MR) is 71.4 cm³/mol. The lowest BCUT2D eigenvalue weighted by molar-refractivity contribution is 0.181. The average Bonchev–Trinajstić information content (AvgIpc) is 2.91. The van der Waals surface area contributed by atoms with Gasteiger partial charge in [-0.25, -0.2) is 9.97 Å². The molecular weight excluding hydrogens is 242 g/mol. The lowest BCUT2D eigenvalue weighted by atomic mass is 10.3. The second kappa shape index (κ2) is 4.66. The molecule has 0 amide bonds. The van der Waals surface area contributed by atoms with Gasteiger partial charge in [-0.15, -0.1) is 0 Å². The molecule has 2 heterocycles. The fourth-order valence-electron chi connectivity index (χ4n) is 2.24. The normalized spacial score (nSPS) is 21.6. The number of furan rings is 1. The molecule has 2 N–H and O–H groups in total. The first kappa shape index (κ1) is 12.2. The Morgan fingerprint density at radius 3 is 2.89 bits per heavy atom. The summed E-state index contributed by atoms with van der Waals surface area (Å²) in [6.45, 7) is 2.63. The number of anilines is 1. The number of ether oxygens (including phenoxy) is 1. The van der Waals surface area contributed by atoms with Gasteiger partial charge in [-0.05, 0) is 24.5 Å². The molecule has 2 atom stereocenters. The Hall–Kier alpha value is -1.88. The van der Waals surface area contributed by atoms with E-state index in [4.69, 9.17) is 14.9 Å².